The lowest BCUT2D eigenvalue weighted by Gasteiger charge is -2.06. The molecule has 6 heteroatoms. The Balaban J connectivity index is 1.32. The molecule has 0 bridgehead atoms. The van der Waals surface area contributed by atoms with Crippen molar-refractivity contribution in [2.45, 2.75) is 13.0 Å². The summed E-state index contributed by atoms with van der Waals surface area (Å²) in [4.78, 5) is 16.3. The highest BCUT2D eigenvalue weighted by molar-refractivity contribution is 6.31. The number of halogens is 1. The van der Waals surface area contributed by atoms with Gasteiger partial charge in [0.1, 0.15) is 5.65 Å². The van der Waals surface area contributed by atoms with Crippen molar-refractivity contribution in [3.05, 3.63) is 77.8 Å². The van der Waals surface area contributed by atoms with E-state index in [1.54, 1.807) is 6.08 Å². The Labute approximate surface area is 161 Å². The van der Waals surface area contributed by atoms with Gasteiger partial charge in [0.15, 0.2) is 5.15 Å². The maximum atomic E-state index is 12.1. The molecule has 0 unspecified atom stereocenters. The van der Waals surface area contributed by atoms with Gasteiger partial charge in [-0.05, 0) is 42.1 Å². The van der Waals surface area contributed by atoms with Gasteiger partial charge in [0.25, 0.3) is 0 Å². The van der Waals surface area contributed by atoms with E-state index in [0.29, 0.717) is 17.4 Å². The number of para-hydroxylation sites is 1. The van der Waals surface area contributed by atoms with Crippen LogP contribution in [-0.4, -0.2) is 26.4 Å². The predicted molar refractivity (Wildman–Crippen MR) is 109 cm³/mol. The van der Waals surface area contributed by atoms with Gasteiger partial charge >= 0.3 is 0 Å². The second kappa shape index (κ2) is 7.68. The van der Waals surface area contributed by atoms with Crippen LogP contribution in [0.4, 0.5) is 0 Å². The Morgan fingerprint density at radius 1 is 1.11 bits per heavy atom. The third-order valence-corrected chi connectivity index (χ3v) is 4.75. The molecule has 5 nitrogen and oxygen atoms in total. The molecule has 1 N–H and O–H groups in total. The highest BCUT2D eigenvalue weighted by Gasteiger charge is 2.07. The molecule has 4 rings (SSSR count). The van der Waals surface area contributed by atoms with Crippen molar-refractivity contribution in [3.63, 3.8) is 0 Å². The van der Waals surface area contributed by atoms with Gasteiger partial charge in [-0.25, -0.2) is 4.98 Å². The van der Waals surface area contributed by atoms with Gasteiger partial charge in [-0.1, -0.05) is 35.9 Å². The molecule has 3 heterocycles. The Morgan fingerprint density at radius 2 is 1.96 bits per heavy atom. The van der Waals surface area contributed by atoms with Crippen LogP contribution in [0.3, 0.4) is 0 Å². The van der Waals surface area contributed by atoms with Gasteiger partial charge in [0.2, 0.25) is 5.91 Å². The topological polar surface area (TPSA) is 51.3 Å². The Bertz CT molecular complexity index is 1130. The fourth-order valence-electron chi connectivity index (χ4n) is 3.15. The molecular formula is C21H19ClN4O. The molecule has 0 aliphatic heterocycles. The lowest BCUT2D eigenvalue weighted by Crippen LogP contribution is -2.23. The molecule has 0 fully saturated rings. The van der Waals surface area contributed by atoms with Gasteiger partial charge in [-0.15, -0.1) is 0 Å². The normalized spacial score (nSPS) is 11.6. The zero-order valence-electron chi connectivity index (χ0n) is 14.7. The summed E-state index contributed by atoms with van der Waals surface area (Å²) in [5, 5.41) is 4.52. The van der Waals surface area contributed by atoms with Crippen molar-refractivity contribution in [1.82, 2.24) is 19.3 Å². The molecule has 0 aliphatic rings. The first-order chi connectivity index (χ1) is 13.2. The smallest absolute Gasteiger partial charge is 0.244 e. The van der Waals surface area contributed by atoms with E-state index in [1.807, 2.05) is 40.9 Å². The van der Waals surface area contributed by atoms with Crippen molar-refractivity contribution < 1.29 is 4.79 Å². The van der Waals surface area contributed by atoms with Crippen LogP contribution < -0.4 is 5.32 Å². The van der Waals surface area contributed by atoms with Crippen LogP contribution in [0, 0.1) is 0 Å². The van der Waals surface area contributed by atoms with Crippen LogP contribution in [0.5, 0.6) is 0 Å². The summed E-state index contributed by atoms with van der Waals surface area (Å²) in [5.74, 6) is -0.144. The summed E-state index contributed by atoms with van der Waals surface area (Å²) < 4.78 is 4.05. The molecule has 136 valence electrons. The zero-order valence-corrected chi connectivity index (χ0v) is 15.4. The van der Waals surface area contributed by atoms with E-state index in [1.165, 1.54) is 17.0 Å². The second-order valence-electron chi connectivity index (χ2n) is 6.26. The second-order valence-corrected chi connectivity index (χ2v) is 6.62. The quantitative estimate of drug-likeness (QED) is 0.404. The number of carbonyl (C=O) groups is 1. The van der Waals surface area contributed by atoms with Gasteiger partial charge in [0, 0.05) is 37.1 Å². The molecule has 0 saturated carbocycles. The lowest BCUT2D eigenvalue weighted by molar-refractivity contribution is -0.116. The lowest BCUT2D eigenvalue weighted by atomic mass is 10.2. The monoisotopic (exact) mass is 378 g/mol. The number of carbonyl (C=O) groups excluding carboxylic acids is 1. The number of aromatic nitrogens is 3. The molecule has 0 radical (unpaired) electrons. The van der Waals surface area contributed by atoms with Gasteiger partial charge in [0.05, 0.1) is 5.69 Å². The maximum Gasteiger partial charge on any atom is 0.244 e. The SMILES string of the molecule is O=C(/C=C/c1c(Cl)nc2ccccn12)NCCCn1ccc2ccccc21. The van der Waals surface area contributed by atoms with E-state index < -0.39 is 0 Å². The van der Waals surface area contributed by atoms with Crippen LogP contribution in [0.1, 0.15) is 12.1 Å². The maximum absolute atomic E-state index is 12.1. The standard InChI is InChI=1S/C21H19ClN4O/c22-21-18(26-14-4-3-8-19(26)24-21)9-10-20(27)23-12-5-13-25-15-11-16-6-1-2-7-17(16)25/h1-4,6-11,14-15H,5,12-13H2,(H,23,27)/b10-9+. The van der Waals surface area contributed by atoms with Crippen molar-refractivity contribution >= 4 is 40.1 Å². The third kappa shape index (κ3) is 3.73. The first kappa shape index (κ1) is 17.4. The molecular weight excluding hydrogens is 360 g/mol. The Kier molecular flexibility index (Phi) is 4.94. The van der Waals surface area contributed by atoms with Crippen molar-refractivity contribution in [1.29, 1.82) is 0 Å². The van der Waals surface area contributed by atoms with E-state index in [0.717, 1.165) is 18.6 Å². The van der Waals surface area contributed by atoms with Gasteiger partial charge in [-0.3, -0.25) is 9.20 Å². The number of hydrogen-bond acceptors (Lipinski definition) is 2. The van der Waals surface area contributed by atoms with Crippen LogP contribution in [0.15, 0.2) is 67.0 Å². The number of hydrogen-bond donors (Lipinski definition) is 1. The molecule has 1 amide bonds. The minimum atomic E-state index is -0.144. The molecule has 27 heavy (non-hydrogen) atoms. The van der Waals surface area contributed by atoms with Gasteiger partial charge in [-0.2, -0.15) is 0 Å². The van der Waals surface area contributed by atoms with Gasteiger partial charge < -0.3 is 9.88 Å². The zero-order chi connectivity index (χ0) is 18.6. The molecule has 0 aliphatic carbocycles. The highest BCUT2D eigenvalue weighted by atomic mass is 35.5. The number of nitrogens with one attached hydrogen (secondary N) is 1. The molecule has 0 spiro atoms. The van der Waals surface area contributed by atoms with E-state index in [2.05, 4.69) is 39.3 Å². The molecule has 0 saturated heterocycles. The summed E-state index contributed by atoms with van der Waals surface area (Å²) in [7, 11) is 0. The fourth-order valence-corrected chi connectivity index (χ4v) is 3.39. The first-order valence-corrected chi connectivity index (χ1v) is 9.22. The number of amides is 1. The van der Waals surface area contributed by atoms with E-state index in [9.17, 15) is 4.79 Å². The van der Waals surface area contributed by atoms with Crippen LogP contribution in [0.2, 0.25) is 5.15 Å². The molecule has 1 aromatic carbocycles. The van der Waals surface area contributed by atoms with E-state index >= 15 is 0 Å². The summed E-state index contributed by atoms with van der Waals surface area (Å²) in [6.07, 6.45) is 7.99. The average molecular weight is 379 g/mol. The largest absolute Gasteiger partial charge is 0.352 e. The third-order valence-electron chi connectivity index (χ3n) is 4.47. The Morgan fingerprint density at radius 3 is 2.89 bits per heavy atom. The number of imidazole rings is 1. The number of fused-ring (bicyclic) bond motifs is 2. The molecule has 3 aromatic heterocycles. The minimum absolute atomic E-state index is 0.144. The van der Waals surface area contributed by atoms with Crippen molar-refractivity contribution in [2.75, 3.05) is 6.54 Å². The number of aryl methyl sites for hydroxylation is 1. The minimum Gasteiger partial charge on any atom is -0.352 e. The van der Waals surface area contributed by atoms with Crippen LogP contribution >= 0.6 is 11.6 Å². The molecule has 0 atom stereocenters. The number of pyridine rings is 1. The van der Waals surface area contributed by atoms with E-state index in [-0.39, 0.29) is 5.91 Å². The average Bonchev–Trinajstić information content (AvgIpc) is 3.24. The molecule has 4 aromatic rings. The van der Waals surface area contributed by atoms with Crippen LogP contribution in [-0.2, 0) is 11.3 Å². The van der Waals surface area contributed by atoms with Crippen molar-refractivity contribution in [2.24, 2.45) is 0 Å². The fraction of sp³-hybridized carbons (Fsp3) is 0.143. The number of benzene rings is 1. The number of rotatable bonds is 6. The van der Waals surface area contributed by atoms with Crippen LogP contribution in [0.25, 0.3) is 22.6 Å². The first-order valence-electron chi connectivity index (χ1n) is 8.85. The summed E-state index contributed by atoms with van der Waals surface area (Å²) in [6.45, 7) is 1.47. The van der Waals surface area contributed by atoms with Crippen molar-refractivity contribution in [3.8, 4) is 0 Å². The highest BCUT2D eigenvalue weighted by Crippen LogP contribution is 2.19. The Hall–Kier alpha value is -3.05. The summed E-state index contributed by atoms with van der Waals surface area (Å²) in [6, 6.07) is 16.1. The summed E-state index contributed by atoms with van der Waals surface area (Å²) in [5.41, 5.74) is 2.66. The van der Waals surface area contributed by atoms with E-state index in [4.69, 9.17) is 11.6 Å². The summed E-state index contributed by atoms with van der Waals surface area (Å²) >= 11 is 6.16. The predicted octanol–water partition coefficient (Wildman–Crippen LogP) is 4.16. The number of nitrogens with zero attached hydrogens (tertiary/aromatic N) is 3.